The number of nitrogens with two attached hydrogens (primary N) is 1. The lowest BCUT2D eigenvalue weighted by molar-refractivity contribution is -0.137. The quantitative estimate of drug-likeness (QED) is 0.517. The molecule has 0 aliphatic heterocycles. The maximum Gasteiger partial charge on any atom is 0.416 e. The smallest absolute Gasteiger partial charge is 0.336 e. The van der Waals surface area contributed by atoms with Gasteiger partial charge in [-0.1, -0.05) is 0 Å². The number of benzene rings is 1. The molecule has 1 unspecified atom stereocenters. The summed E-state index contributed by atoms with van der Waals surface area (Å²) in [5.74, 6) is 4.86. The van der Waals surface area contributed by atoms with Gasteiger partial charge in [0.1, 0.15) is 17.7 Å². The summed E-state index contributed by atoms with van der Waals surface area (Å²) in [4.78, 5) is 3.97. The normalized spacial score (nSPS) is 13.5. The van der Waals surface area contributed by atoms with E-state index in [4.69, 9.17) is 5.84 Å². The van der Waals surface area contributed by atoms with Gasteiger partial charge in [-0.3, -0.25) is 5.84 Å². The molecule has 3 N–H and O–H groups in total. The van der Waals surface area contributed by atoms with E-state index in [1.807, 2.05) is 0 Å². The van der Waals surface area contributed by atoms with Crippen LogP contribution < -0.4 is 11.3 Å². The van der Waals surface area contributed by atoms with Crippen LogP contribution in [-0.2, 0) is 13.2 Å². The van der Waals surface area contributed by atoms with Crippen LogP contribution in [0, 0.1) is 5.82 Å². The largest absolute Gasteiger partial charge is 0.416 e. The predicted molar refractivity (Wildman–Crippen MR) is 63.8 cm³/mol. The van der Waals surface area contributed by atoms with E-state index in [1.54, 1.807) is 17.8 Å². The van der Waals surface area contributed by atoms with Crippen molar-refractivity contribution in [3.05, 3.63) is 53.4 Å². The molecule has 0 aliphatic rings. The summed E-state index contributed by atoms with van der Waals surface area (Å²) < 4.78 is 53.4. The van der Waals surface area contributed by atoms with Gasteiger partial charge in [0.05, 0.1) is 5.56 Å². The van der Waals surface area contributed by atoms with Gasteiger partial charge in [-0.05, 0) is 18.2 Å². The van der Waals surface area contributed by atoms with Gasteiger partial charge >= 0.3 is 6.18 Å². The van der Waals surface area contributed by atoms with Gasteiger partial charge in [0, 0.05) is 25.0 Å². The van der Waals surface area contributed by atoms with E-state index < -0.39 is 23.6 Å². The van der Waals surface area contributed by atoms with Gasteiger partial charge in [0.2, 0.25) is 0 Å². The molecule has 1 aromatic carbocycles. The Kier molecular flexibility index (Phi) is 3.78. The van der Waals surface area contributed by atoms with Crippen molar-refractivity contribution in [3.8, 4) is 0 Å². The molecule has 4 nitrogen and oxygen atoms in total. The lowest BCUT2D eigenvalue weighted by Crippen LogP contribution is -2.31. The first-order valence-electron chi connectivity index (χ1n) is 5.64. The molecule has 0 amide bonds. The molecule has 0 saturated heterocycles. The Morgan fingerprint density at radius 1 is 1.35 bits per heavy atom. The molecule has 20 heavy (non-hydrogen) atoms. The molecule has 0 aliphatic carbocycles. The summed E-state index contributed by atoms with van der Waals surface area (Å²) in [5, 5.41) is 0. The standard InChI is InChI=1S/C12H12F4N4/c1-20-5-4-18-11(20)10(19-17)8-6-7(12(14,15)16)2-3-9(8)13/h2-6,10,19H,17H2,1H3. The van der Waals surface area contributed by atoms with Crippen molar-refractivity contribution in [3.63, 3.8) is 0 Å². The number of hydrogen-bond acceptors (Lipinski definition) is 3. The average molecular weight is 288 g/mol. The van der Waals surface area contributed by atoms with Crippen molar-refractivity contribution >= 4 is 0 Å². The first-order chi connectivity index (χ1) is 9.34. The number of aryl methyl sites for hydroxylation is 1. The van der Waals surface area contributed by atoms with Crippen molar-refractivity contribution in [1.82, 2.24) is 15.0 Å². The third-order valence-corrected chi connectivity index (χ3v) is 2.92. The molecule has 1 heterocycles. The lowest BCUT2D eigenvalue weighted by atomic mass is 10.0. The molecule has 8 heteroatoms. The molecule has 0 saturated carbocycles. The van der Waals surface area contributed by atoms with Crippen molar-refractivity contribution in [1.29, 1.82) is 0 Å². The van der Waals surface area contributed by atoms with Crippen LogP contribution in [0.5, 0.6) is 0 Å². The van der Waals surface area contributed by atoms with Crippen molar-refractivity contribution < 1.29 is 17.6 Å². The number of hydrogen-bond donors (Lipinski definition) is 2. The Hall–Kier alpha value is -1.93. The zero-order valence-electron chi connectivity index (χ0n) is 10.4. The second-order valence-corrected chi connectivity index (χ2v) is 4.23. The van der Waals surface area contributed by atoms with Gasteiger partial charge < -0.3 is 4.57 Å². The Bertz CT molecular complexity index is 606. The van der Waals surface area contributed by atoms with Gasteiger partial charge in [0.15, 0.2) is 0 Å². The number of nitrogens with one attached hydrogen (secondary N) is 1. The highest BCUT2D eigenvalue weighted by molar-refractivity contribution is 5.32. The molecular weight excluding hydrogens is 276 g/mol. The fraction of sp³-hybridized carbons (Fsp3) is 0.250. The molecule has 0 spiro atoms. The number of imidazole rings is 1. The minimum absolute atomic E-state index is 0.211. The van der Waals surface area contributed by atoms with Crippen LogP contribution in [0.4, 0.5) is 17.6 Å². The molecular formula is C12H12F4N4. The summed E-state index contributed by atoms with van der Waals surface area (Å²) in [6.07, 6.45) is -1.51. The fourth-order valence-electron chi connectivity index (χ4n) is 1.90. The average Bonchev–Trinajstić information content (AvgIpc) is 2.78. The summed E-state index contributed by atoms with van der Waals surface area (Å²) in [5.41, 5.74) is 1.14. The highest BCUT2D eigenvalue weighted by Gasteiger charge is 2.32. The number of halogens is 4. The third kappa shape index (κ3) is 2.66. The minimum Gasteiger partial charge on any atom is -0.336 e. The highest BCUT2D eigenvalue weighted by atomic mass is 19.4. The second kappa shape index (κ2) is 5.22. The lowest BCUT2D eigenvalue weighted by Gasteiger charge is -2.18. The maximum absolute atomic E-state index is 13.8. The number of nitrogens with zero attached hydrogens (tertiary/aromatic N) is 2. The summed E-state index contributed by atoms with van der Waals surface area (Å²) in [6.45, 7) is 0. The minimum atomic E-state index is -4.55. The topological polar surface area (TPSA) is 55.9 Å². The summed E-state index contributed by atoms with van der Waals surface area (Å²) >= 11 is 0. The van der Waals surface area contributed by atoms with Crippen LogP contribution >= 0.6 is 0 Å². The van der Waals surface area contributed by atoms with Crippen molar-refractivity contribution in [2.24, 2.45) is 12.9 Å². The number of rotatable bonds is 3. The second-order valence-electron chi connectivity index (χ2n) is 4.23. The van der Waals surface area contributed by atoms with Crippen LogP contribution in [0.25, 0.3) is 0 Å². The van der Waals surface area contributed by atoms with Crippen molar-refractivity contribution in [2.45, 2.75) is 12.2 Å². The van der Waals surface area contributed by atoms with Crippen LogP contribution in [0.15, 0.2) is 30.6 Å². The van der Waals surface area contributed by atoms with Gasteiger partial charge in [0.25, 0.3) is 0 Å². The zero-order valence-corrected chi connectivity index (χ0v) is 10.4. The van der Waals surface area contributed by atoms with E-state index in [-0.39, 0.29) is 5.56 Å². The molecule has 0 radical (unpaired) electrons. The van der Waals surface area contributed by atoms with E-state index in [1.165, 1.54) is 6.20 Å². The zero-order chi connectivity index (χ0) is 14.9. The van der Waals surface area contributed by atoms with E-state index in [0.717, 1.165) is 12.1 Å². The highest BCUT2D eigenvalue weighted by Crippen LogP contribution is 2.32. The van der Waals surface area contributed by atoms with Crippen molar-refractivity contribution in [2.75, 3.05) is 0 Å². The van der Waals surface area contributed by atoms with Crippen LogP contribution in [-0.4, -0.2) is 9.55 Å². The van der Waals surface area contributed by atoms with Crippen LogP contribution in [0.3, 0.4) is 0 Å². The van der Waals surface area contributed by atoms with Crippen LogP contribution in [0.1, 0.15) is 23.0 Å². The number of alkyl halides is 3. The fourth-order valence-corrected chi connectivity index (χ4v) is 1.90. The molecule has 1 atom stereocenters. The van der Waals surface area contributed by atoms with E-state index in [0.29, 0.717) is 11.9 Å². The summed E-state index contributed by atoms with van der Waals surface area (Å²) in [6, 6.07) is 1.21. The van der Waals surface area contributed by atoms with E-state index in [2.05, 4.69) is 10.4 Å². The van der Waals surface area contributed by atoms with E-state index in [9.17, 15) is 17.6 Å². The van der Waals surface area contributed by atoms with Gasteiger partial charge in [-0.25, -0.2) is 14.8 Å². The SMILES string of the molecule is Cn1ccnc1C(NN)c1cc(C(F)(F)F)ccc1F. The molecule has 108 valence electrons. The molecule has 2 rings (SSSR count). The molecule has 0 bridgehead atoms. The summed E-state index contributed by atoms with van der Waals surface area (Å²) in [7, 11) is 1.64. The monoisotopic (exact) mass is 288 g/mol. The molecule has 2 aromatic rings. The van der Waals surface area contributed by atoms with E-state index >= 15 is 0 Å². The first-order valence-corrected chi connectivity index (χ1v) is 5.64. The Morgan fingerprint density at radius 3 is 2.55 bits per heavy atom. The van der Waals surface area contributed by atoms with Gasteiger partial charge in [-0.2, -0.15) is 13.2 Å². The first kappa shape index (κ1) is 14.5. The van der Waals surface area contributed by atoms with Gasteiger partial charge in [-0.15, -0.1) is 0 Å². The number of aromatic nitrogens is 2. The third-order valence-electron chi connectivity index (χ3n) is 2.92. The Morgan fingerprint density at radius 2 is 2.05 bits per heavy atom. The molecule has 1 aromatic heterocycles. The maximum atomic E-state index is 13.8. The number of hydrazine groups is 1. The Labute approximate surface area is 112 Å². The Balaban J connectivity index is 2.52. The molecule has 0 fully saturated rings. The van der Waals surface area contributed by atoms with Crippen LogP contribution in [0.2, 0.25) is 0 Å². The predicted octanol–water partition coefficient (Wildman–Crippen LogP) is 2.13.